The number of aromatic nitrogens is 4. The second kappa shape index (κ2) is 8.65. The summed E-state index contributed by atoms with van der Waals surface area (Å²) >= 11 is 0. The number of unbranched alkanes of at least 4 members (excludes halogenated alkanes) is 1. The zero-order valence-corrected chi connectivity index (χ0v) is 19.4. The lowest BCUT2D eigenvalue weighted by molar-refractivity contribution is 0.0601. The van der Waals surface area contributed by atoms with Gasteiger partial charge in [-0.1, -0.05) is 27.2 Å². The lowest BCUT2D eigenvalue weighted by Gasteiger charge is -2.12. The highest BCUT2D eigenvalue weighted by atomic mass is 16.5. The molecule has 7 heteroatoms. The van der Waals surface area contributed by atoms with Gasteiger partial charge in [-0.3, -0.25) is 9.13 Å². The van der Waals surface area contributed by atoms with E-state index in [0.29, 0.717) is 18.0 Å². The van der Waals surface area contributed by atoms with E-state index in [-0.39, 0.29) is 11.7 Å². The minimum absolute atomic E-state index is 0.00371. The first kappa shape index (κ1) is 21.9. The number of aryl methyl sites for hydroxylation is 2. The largest absolute Gasteiger partial charge is 0.465 e. The van der Waals surface area contributed by atoms with Gasteiger partial charge in [0.1, 0.15) is 5.82 Å². The van der Waals surface area contributed by atoms with Crippen LogP contribution in [0.4, 0.5) is 0 Å². The fourth-order valence-electron chi connectivity index (χ4n) is 4.22. The van der Waals surface area contributed by atoms with Crippen molar-refractivity contribution in [2.24, 2.45) is 13.0 Å². The number of methoxy groups -OCH3 is 1. The van der Waals surface area contributed by atoms with Gasteiger partial charge in [0.05, 0.1) is 34.7 Å². The molecule has 168 valence electrons. The van der Waals surface area contributed by atoms with Gasteiger partial charge in [-0.05, 0) is 48.7 Å². The predicted molar refractivity (Wildman–Crippen MR) is 127 cm³/mol. The molecule has 7 nitrogen and oxygen atoms in total. The Balaban J connectivity index is 1.90. The third kappa shape index (κ3) is 3.72. The van der Waals surface area contributed by atoms with Crippen LogP contribution in [-0.4, -0.2) is 31.8 Å². The van der Waals surface area contributed by atoms with Crippen LogP contribution < -0.4 is 5.69 Å². The van der Waals surface area contributed by atoms with E-state index in [1.807, 2.05) is 35.9 Å². The molecule has 0 bridgehead atoms. The van der Waals surface area contributed by atoms with Crippen molar-refractivity contribution in [1.82, 2.24) is 18.7 Å². The average Bonchev–Trinajstić information content (AvgIpc) is 3.25. The molecule has 0 saturated heterocycles. The normalized spacial score (nSPS) is 11.7. The lowest BCUT2D eigenvalue weighted by Crippen LogP contribution is -2.22. The second-order valence-corrected chi connectivity index (χ2v) is 8.69. The van der Waals surface area contributed by atoms with Gasteiger partial charge in [0, 0.05) is 25.7 Å². The predicted octanol–water partition coefficient (Wildman–Crippen LogP) is 4.60. The molecule has 2 aromatic heterocycles. The number of carbonyl (C=O) groups excluding carboxylic acids is 1. The van der Waals surface area contributed by atoms with Gasteiger partial charge in [0.25, 0.3) is 0 Å². The monoisotopic (exact) mass is 434 g/mol. The standard InChI is InChI=1S/C25H30N4O3/c1-6-7-12-28-21-11-8-17(14-22(21)27(4)25(28)31)23-26-19-13-18(24(30)32-5)9-10-20(19)29(23)15-16(2)3/h8-11,13-14,16H,6-7,12,15H2,1-5H3. The highest BCUT2D eigenvalue weighted by Crippen LogP contribution is 2.29. The van der Waals surface area contributed by atoms with Crippen molar-refractivity contribution in [3.05, 3.63) is 52.4 Å². The first-order valence-electron chi connectivity index (χ1n) is 11.1. The number of carbonyl (C=O) groups is 1. The summed E-state index contributed by atoms with van der Waals surface area (Å²) in [5, 5.41) is 0. The summed E-state index contributed by atoms with van der Waals surface area (Å²) in [6, 6.07) is 11.6. The molecule has 0 radical (unpaired) electrons. The Morgan fingerprint density at radius 2 is 1.81 bits per heavy atom. The molecule has 0 aliphatic carbocycles. The molecular weight excluding hydrogens is 404 g/mol. The number of esters is 1. The second-order valence-electron chi connectivity index (χ2n) is 8.69. The van der Waals surface area contributed by atoms with Crippen LogP contribution in [0, 0.1) is 5.92 Å². The topological polar surface area (TPSA) is 71.1 Å². The molecule has 0 unspecified atom stereocenters. The van der Waals surface area contributed by atoms with Gasteiger partial charge in [-0.2, -0.15) is 0 Å². The lowest BCUT2D eigenvalue weighted by atomic mass is 10.1. The molecule has 2 heterocycles. The SMILES string of the molecule is CCCCn1c(=O)n(C)c2cc(-c3nc4cc(C(=O)OC)ccc4n3CC(C)C)ccc21. The van der Waals surface area contributed by atoms with Gasteiger partial charge in [-0.25, -0.2) is 14.6 Å². The van der Waals surface area contributed by atoms with Crippen molar-refractivity contribution >= 4 is 28.0 Å². The van der Waals surface area contributed by atoms with Gasteiger partial charge in [-0.15, -0.1) is 0 Å². The van der Waals surface area contributed by atoms with Gasteiger partial charge >= 0.3 is 11.7 Å². The molecule has 0 N–H and O–H groups in total. The third-order valence-electron chi connectivity index (χ3n) is 5.86. The molecule has 0 spiro atoms. The first-order valence-corrected chi connectivity index (χ1v) is 11.1. The number of ether oxygens (including phenoxy) is 1. The van der Waals surface area contributed by atoms with Crippen LogP contribution in [0.3, 0.4) is 0 Å². The van der Waals surface area contributed by atoms with E-state index in [2.05, 4.69) is 25.3 Å². The Morgan fingerprint density at radius 3 is 2.50 bits per heavy atom. The quantitative estimate of drug-likeness (QED) is 0.399. The van der Waals surface area contributed by atoms with Gasteiger partial charge in [0.2, 0.25) is 0 Å². The number of hydrogen-bond acceptors (Lipinski definition) is 4. The van der Waals surface area contributed by atoms with E-state index in [4.69, 9.17) is 9.72 Å². The molecule has 0 amide bonds. The van der Waals surface area contributed by atoms with E-state index >= 15 is 0 Å². The minimum Gasteiger partial charge on any atom is -0.465 e. The highest BCUT2D eigenvalue weighted by Gasteiger charge is 2.18. The number of hydrogen-bond donors (Lipinski definition) is 0. The van der Waals surface area contributed by atoms with Crippen molar-refractivity contribution in [3.63, 3.8) is 0 Å². The van der Waals surface area contributed by atoms with Crippen LogP contribution in [-0.2, 0) is 24.9 Å². The average molecular weight is 435 g/mol. The fraction of sp³-hybridized carbons (Fsp3) is 0.400. The number of fused-ring (bicyclic) bond motifs is 2. The van der Waals surface area contributed by atoms with E-state index in [9.17, 15) is 9.59 Å². The van der Waals surface area contributed by atoms with Crippen LogP contribution in [0.25, 0.3) is 33.5 Å². The Bertz CT molecular complexity index is 1360. The van der Waals surface area contributed by atoms with E-state index in [0.717, 1.165) is 52.8 Å². The number of nitrogens with zero attached hydrogens (tertiary/aromatic N) is 4. The smallest absolute Gasteiger partial charge is 0.337 e. The Morgan fingerprint density at radius 1 is 1.06 bits per heavy atom. The summed E-state index contributed by atoms with van der Waals surface area (Å²) in [5.74, 6) is 0.859. The number of benzene rings is 2. The van der Waals surface area contributed by atoms with Crippen molar-refractivity contribution < 1.29 is 9.53 Å². The summed E-state index contributed by atoms with van der Waals surface area (Å²) in [4.78, 5) is 29.7. The Labute approximate surface area is 187 Å². The highest BCUT2D eigenvalue weighted by molar-refractivity contribution is 5.94. The summed E-state index contributed by atoms with van der Waals surface area (Å²) in [6.07, 6.45) is 2.00. The van der Waals surface area contributed by atoms with Crippen LogP contribution in [0.5, 0.6) is 0 Å². The zero-order valence-electron chi connectivity index (χ0n) is 19.4. The van der Waals surface area contributed by atoms with Crippen LogP contribution in [0.1, 0.15) is 44.0 Å². The summed E-state index contributed by atoms with van der Waals surface area (Å²) in [7, 11) is 3.19. The minimum atomic E-state index is -0.378. The molecular formula is C25H30N4O3. The zero-order chi connectivity index (χ0) is 23.0. The molecule has 2 aromatic carbocycles. The Kier molecular flexibility index (Phi) is 5.91. The van der Waals surface area contributed by atoms with E-state index in [1.54, 1.807) is 16.7 Å². The number of rotatable bonds is 7. The van der Waals surface area contributed by atoms with Crippen molar-refractivity contribution in [2.45, 2.75) is 46.7 Å². The molecule has 0 saturated carbocycles. The summed E-state index contributed by atoms with van der Waals surface area (Å²) in [6.45, 7) is 7.96. The molecule has 4 rings (SSSR count). The van der Waals surface area contributed by atoms with Gasteiger partial charge < -0.3 is 9.30 Å². The maximum atomic E-state index is 12.8. The van der Waals surface area contributed by atoms with Crippen LogP contribution in [0.2, 0.25) is 0 Å². The van der Waals surface area contributed by atoms with Crippen molar-refractivity contribution in [3.8, 4) is 11.4 Å². The third-order valence-corrected chi connectivity index (χ3v) is 5.86. The molecule has 0 fully saturated rings. The molecule has 0 atom stereocenters. The van der Waals surface area contributed by atoms with E-state index in [1.165, 1.54) is 7.11 Å². The first-order chi connectivity index (χ1) is 15.3. The fourth-order valence-corrected chi connectivity index (χ4v) is 4.22. The van der Waals surface area contributed by atoms with E-state index < -0.39 is 0 Å². The van der Waals surface area contributed by atoms with Crippen molar-refractivity contribution in [2.75, 3.05) is 7.11 Å². The Hall–Kier alpha value is -3.35. The molecule has 0 aliphatic rings. The van der Waals surface area contributed by atoms with Crippen molar-refractivity contribution in [1.29, 1.82) is 0 Å². The van der Waals surface area contributed by atoms with Crippen LogP contribution >= 0.6 is 0 Å². The molecule has 32 heavy (non-hydrogen) atoms. The molecule has 4 aromatic rings. The maximum absolute atomic E-state index is 12.8. The van der Waals surface area contributed by atoms with Crippen LogP contribution in [0.15, 0.2) is 41.2 Å². The van der Waals surface area contributed by atoms with Gasteiger partial charge in [0.15, 0.2) is 0 Å². The maximum Gasteiger partial charge on any atom is 0.337 e. The molecule has 0 aliphatic heterocycles. The summed E-state index contributed by atoms with van der Waals surface area (Å²) < 4.78 is 10.6. The number of imidazole rings is 2. The summed E-state index contributed by atoms with van der Waals surface area (Å²) in [5.41, 5.74) is 4.97.